The molecule has 0 radical (unpaired) electrons. The average Bonchev–Trinajstić information content (AvgIpc) is 2.51. The predicted octanol–water partition coefficient (Wildman–Crippen LogP) is 4.34. The Hall–Kier alpha value is -2.79. The first-order valence-corrected chi connectivity index (χ1v) is 7.22. The van der Waals surface area contributed by atoms with Crippen LogP contribution in [0.5, 0.6) is 5.75 Å². The first-order chi connectivity index (χ1) is 11.0. The summed E-state index contributed by atoms with van der Waals surface area (Å²) < 4.78 is 0. The fourth-order valence-corrected chi connectivity index (χ4v) is 2.56. The summed E-state index contributed by atoms with van der Waals surface area (Å²) >= 11 is 6.11. The molecule has 0 aliphatic rings. The second-order valence-electron chi connectivity index (χ2n) is 5.10. The van der Waals surface area contributed by atoms with Crippen LogP contribution in [-0.4, -0.2) is 21.2 Å². The van der Waals surface area contributed by atoms with Gasteiger partial charge in [-0.2, -0.15) is 0 Å². The van der Waals surface area contributed by atoms with Crippen LogP contribution in [0.25, 0.3) is 10.9 Å². The number of nitrogens with one attached hydrogen (secondary N) is 1. The fourth-order valence-electron chi connectivity index (χ4n) is 2.41. The van der Waals surface area contributed by atoms with E-state index in [1.165, 1.54) is 18.3 Å². The van der Waals surface area contributed by atoms with Crippen LogP contribution in [0.4, 0.5) is 11.4 Å². The number of carboxylic acid groups (broad SMARTS) is 1. The van der Waals surface area contributed by atoms with Gasteiger partial charge in [0.05, 0.1) is 11.2 Å². The van der Waals surface area contributed by atoms with Crippen molar-refractivity contribution in [2.75, 3.05) is 5.32 Å². The van der Waals surface area contributed by atoms with Crippen LogP contribution in [0, 0.1) is 6.92 Å². The largest absolute Gasteiger partial charge is 0.508 e. The van der Waals surface area contributed by atoms with E-state index in [0.717, 1.165) is 5.56 Å². The highest BCUT2D eigenvalue weighted by atomic mass is 35.5. The molecule has 0 aliphatic heterocycles. The maximum absolute atomic E-state index is 11.5. The standard InChI is InChI=1S/C17H13ClN2O3/c1-9-14(18)6-5-12-15(9)19-8-13(17(22)23)16(12)20-10-3-2-4-11(21)7-10/h2-8,21H,1H3,(H,19,20)(H,22,23). The molecule has 6 heteroatoms. The Kier molecular flexibility index (Phi) is 3.80. The van der Waals surface area contributed by atoms with E-state index in [1.807, 2.05) is 6.92 Å². The molecule has 0 atom stereocenters. The van der Waals surface area contributed by atoms with Crippen molar-refractivity contribution in [2.24, 2.45) is 0 Å². The third kappa shape index (κ3) is 2.78. The molecule has 0 saturated heterocycles. The number of anilines is 2. The number of aromatic nitrogens is 1. The smallest absolute Gasteiger partial charge is 0.339 e. The Morgan fingerprint density at radius 2 is 2.04 bits per heavy atom. The lowest BCUT2D eigenvalue weighted by atomic mass is 10.1. The predicted molar refractivity (Wildman–Crippen MR) is 89.8 cm³/mol. The van der Waals surface area contributed by atoms with E-state index in [1.54, 1.807) is 24.3 Å². The molecule has 0 bridgehead atoms. The molecular formula is C17H13ClN2O3. The molecule has 2 aromatic carbocycles. The number of nitrogens with zero attached hydrogens (tertiary/aromatic N) is 1. The van der Waals surface area contributed by atoms with Crippen LogP contribution >= 0.6 is 11.6 Å². The Morgan fingerprint density at radius 1 is 1.26 bits per heavy atom. The van der Waals surface area contributed by atoms with Gasteiger partial charge in [0, 0.05) is 28.4 Å². The molecule has 1 aromatic heterocycles. The van der Waals surface area contributed by atoms with Gasteiger partial charge in [-0.3, -0.25) is 4.98 Å². The van der Waals surface area contributed by atoms with Gasteiger partial charge in [0.2, 0.25) is 0 Å². The van der Waals surface area contributed by atoms with Crippen molar-refractivity contribution in [1.29, 1.82) is 0 Å². The Morgan fingerprint density at radius 3 is 2.74 bits per heavy atom. The quantitative estimate of drug-likeness (QED) is 0.666. The number of benzene rings is 2. The lowest BCUT2D eigenvalue weighted by Crippen LogP contribution is -2.05. The minimum absolute atomic E-state index is 0.0440. The van der Waals surface area contributed by atoms with Gasteiger partial charge in [-0.25, -0.2) is 4.79 Å². The highest BCUT2D eigenvalue weighted by molar-refractivity contribution is 6.32. The van der Waals surface area contributed by atoms with Crippen LogP contribution < -0.4 is 5.32 Å². The molecule has 0 unspecified atom stereocenters. The number of fused-ring (bicyclic) bond motifs is 1. The van der Waals surface area contributed by atoms with Gasteiger partial charge in [-0.05, 0) is 36.8 Å². The molecule has 0 spiro atoms. The molecular weight excluding hydrogens is 316 g/mol. The highest BCUT2D eigenvalue weighted by Crippen LogP contribution is 2.33. The minimum Gasteiger partial charge on any atom is -0.508 e. The molecule has 0 saturated carbocycles. The van der Waals surface area contributed by atoms with Gasteiger partial charge in [-0.1, -0.05) is 17.7 Å². The number of hydrogen-bond donors (Lipinski definition) is 3. The summed E-state index contributed by atoms with van der Waals surface area (Å²) in [5.74, 6) is -1.00. The summed E-state index contributed by atoms with van der Waals surface area (Å²) in [5, 5.41) is 23.3. The van der Waals surface area contributed by atoms with Crippen LogP contribution in [0.3, 0.4) is 0 Å². The van der Waals surface area contributed by atoms with Crippen molar-refractivity contribution in [1.82, 2.24) is 4.98 Å². The van der Waals surface area contributed by atoms with Crippen molar-refractivity contribution in [3.63, 3.8) is 0 Å². The van der Waals surface area contributed by atoms with Crippen LogP contribution in [0.2, 0.25) is 5.02 Å². The number of carbonyl (C=O) groups is 1. The fraction of sp³-hybridized carbons (Fsp3) is 0.0588. The number of halogens is 1. The number of carboxylic acids is 1. The van der Waals surface area contributed by atoms with Crippen molar-refractivity contribution in [2.45, 2.75) is 6.92 Å². The molecule has 1 heterocycles. The highest BCUT2D eigenvalue weighted by Gasteiger charge is 2.16. The molecule has 23 heavy (non-hydrogen) atoms. The number of pyridine rings is 1. The average molecular weight is 329 g/mol. The molecule has 116 valence electrons. The Bertz CT molecular complexity index is 925. The lowest BCUT2D eigenvalue weighted by Gasteiger charge is -2.14. The van der Waals surface area contributed by atoms with E-state index in [9.17, 15) is 15.0 Å². The molecule has 0 aliphatic carbocycles. The molecule has 3 aromatic rings. The van der Waals surface area contributed by atoms with E-state index in [4.69, 9.17) is 11.6 Å². The molecule has 0 amide bonds. The van der Waals surface area contributed by atoms with Gasteiger partial charge in [0.15, 0.2) is 0 Å². The molecule has 0 fully saturated rings. The number of phenolic OH excluding ortho intramolecular Hbond substituents is 1. The van der Waals surface area contributed by atoms with Crippen molar-refractivity contribution < 1.29 is 15.0 Å². The topological polar surface area (TPSA) is 82.5 Å². The van der Waals surface area contributed by atoms with Gasteiger partial charge in [0.25, 0.3) is 0 Å². The normalized spacial score (nSPS) is 10.7. The van der Waals surface area contributed by atoms with E-state index in [-0.39, 0.29) is 11.3 Å². The first kappa shape index (κ1) is 15.1. The summed E-state index contributed by atoms with van der Waals surface area (Å²) in [6, 6.07) is 9.90. The van der Waals surface area contributed by atoms with Crippen LogP contribution in [0.1, 0.15) is 15.9 Å². The van der Waals surface area contributed by atoms with Crippen molar-refractivity contribution in [3.8, 4) is 5.75 Å². The number of phenols is 1. The third-order valence-corrected chi connectivity index (χ3v) is 3.98. The van der Waals surface area contributed by atoms with Crippen LogP contribution in [0.15, 0.2) is 42.6 Å². The second kappa shape index (κ2) is 5.78. The van der Waals surface area contributed by atoms with Crippen LogP contribution in [-0.2, 0) is 0 Å². The zero-order chi connectivity index (χ0) is 16.6. The number of hydrogen-bond acceptors (Lipinski definition) is 4. The molecule has 3 N–H and O–H groups in total. The zero-order valence-electron chi connectivity index (χ0n) is 12.2. The Labute approximate surface area is 137 Å². The maximum Gasteiger partial charge on any atom is 0.339 e. The third-order valence-electron chi connectivity index (χ3n) is 3.57. The van der Waals surface area contributed by atoms with E-state index in [2.05, 4.69) is 10.3 Å². The Balaban J connectivity index is 2.25. The summed E-state index contributed by atoms with van der Waals surface area (Å²) in [5.41, 5.74) is 2.44. The number of rotatable bonds is 3. The summed E-state index contributed by atoms with van der Waals surface area (Å²) in [6.45, 7) is 1.83. The minimum atomic E-state index is -1.09. The van der Waals surface area contributed by atoms with Gasteiger partial charge in [0.1, 0.15) is 11.3 Å². The van der Waals surface area contributed by atoms with E-state index >= 15 is 0 Å². The second-order valence-corrected chi connectivity index (χ2v) is 5.50. The lowest BCUT2D eigenvalue weighted by molar-refractivity contribution is 0.0697. The van der Waals surface area contributed by atoms with Gasteiger partial charge >= 0.3 is 5.97 Å². The van der Waals surface area contributed by atoms with E-state index < -0.39 is 5.97 Å². The SMILES string of the molecule is Cc1c(Cl)ccc2c(Nc3cccc(O)c3)c(C(=O)O)cnc12. The molecule has 5 nitrogen and oxygen atoms in total. The summed E-state index contributed by atoms with van der Waals surface area (Å²) in [6.07, 6.45) is 1.30. The van der Waals surface area contributed by atoms with Gasteiger partial charge < -0.3 is 15.5 Å². The van der Waals surface area contributed by atoms with Crippen molar-refractivity contribution >= 4 is 39.8 Å². The maximum atomic E-state index is 11.5. The number of aryl methyl sites for hydroxylation is 1. The van der Waals surface area contributed by atoms with Gasteiger partial charge in [-0.15, -0.1) is 0 Å². The summed E-state index contributed by atoms with van der Waals surface area (Å²) in [4.78, 5) is 15.7. The zero-order valence-corrected chi connectivity index (χ0v) is 12.9. The first-order valence-electron chi connectivity index (χ1n) is 6.84. The summed E-state index contributed by atoms with van der Waals surface area (Å²) in [7, 11) is 0. The number of aromatic carboxylic acids is 1. The number of aromatic hydroxyl groups is 1. The van der Waals surface area contributed by atoms with Crippen molar-refractivity contribution in [3.05, 3.63) is 58.7 Å². The monoisotopic (exact) mass is 328 g/mol. The van der Waals surface area contributed by atoms with E-state index in [0.29, 0.717) is 27.3 Å². The molecule has 3 rings (SSSR count).